The number of thioether (sulfide) groups is 1. The number of anilines is 1. The first-order valence-electron chi connectivity index (χ1n) is 5.69. The van der Waals surface area contributed by atoms with Crippen molar-refractivity contribution in [2.24, 2.45) is 0 Å². The number of hydrogen-bond donors (Lipinski definition) is 2. The van der Waals surface area contributed by atoms with E-state index in [4.69, 9.17) is 0 Å². The van der Waals surface area contributed by atoms with Gasteiger partial charge < -0.3 is 10.3 Å². The molecule has 1 heterocycles. The predicted molar refractivity (Wildman–Crippen MR) is 71.3 cm³/mol. The first-order valence-corrected chi connectivity index (χ1v) is 6.67. The van der Waals surface area contributed by atoms with Crippen molar-refractivity contribution < 1.29 is 13.2 Å². The van der Waals surface area contributed by atoms with Gasteiger partial charge in [0, 0.05) is 29.5 Å². The zero-order valence-corrected chi connectivity index (χ0v) is 10.8. The van der Waals surface area contributed by atoms with E-state index >= 15 is 0 Å². The third-order valence-electron chi connectivity index (χ3n) is 2.42. The molecule has 0 aliphatic heterocycles. The van der Waals surface area contributed by atoms with Crippen molar-refractivity contribution in [3.8, 4) is 0 Å². The number of para-hydroxylation sites is 1. The molecule has 0 aliphatic rings. The van der Waals surface area contributed by atoms with Crippen LogP contribution in [0.25, 0.3) is 0 Å². The number of halogens is 3. The highest BCUT2D eigenvalue weighted by Crippen LogP contribution is 2.32. The number of alkyl halides is 3. The van der Waals surface area contributed by atoms with Crippen LogP contribution in [0.2, 0.25) is 0 Å². The van der Waals surface area contributed by atoms with Crippen molar-refractivity contribution in [3.63, 3.8) is 0 Å². The van der Waals surface area contributed by atoms with Crippen molar-refractivity contribution in [2.45, 2.75) is 17.6 Å². The quantitative estimate of drug-likeness (QED) is 0.803. The fourth-order valence-electron chi connectivity index (χ4n) is 1.56. The van der Waals surface area contributed by atoms with Crippen LogP contribution in [0.15, 0.2) is 47.6 Å². The Morgan fingerprint density at radius 3 is 2.63 bits per heavy atom. The molecule has 6 heteroatoms. The summed E-state index contributed by atoms with van der Waals surface area (Å²) < 4.78 is 36.7. The maximum atomic E-state index is 12.2. The average molecular weight is 286 g/mol. The van der Waals surface area contributed by atoms with Crippen LogP contribution in [0.3, 0.4) is 0 Å². The fraction of sp³-hybridized carbons (Fsp3) is 0.231. The molecule has 0 saturated heterocycles. The van der Waals surface area contributed by atoms with Gasteiger partial charge in [0.05, 0.1) is 5.75 Å². The van der Waals surface area contributed by atoms with Crippen LogP contribution in [0.1, 0.15) is 5.56 Å². The standard InChI is InChI=1S/C13H13F3N2S/c14-13(15,16)9-19-12-4-2-1-3-11(12)18-8-10-5-6-17-7-10/h1-7,17-18H,8-9H2. The molecule has 0 amide bonds. The summed E-state index contributed by atoms with van der Waals surface area (Å²) in [4.78, 5) is 3.54. The molecule has 0 atom stereocenters. The maximum absolute atomic E-state index is 12.2. The third-order valence-corrected chi connectivity index (χ3v) is 3.56. The molecule has 2 nitrogen and oxygen atoms in total. The molecule has 2 rings (SSSR count). The molecular formula is C13H13F3N2S. The Kier molecular flexibility index (Phi) is 4.42. The zero-order chi connectivity index (χ0) is 13.7. The average Bonchev–Trinajstić information content (AvgIpc) is 2.87. The Hall–Kier alpha value is -1.56. The van der Waals surface area contributed by atoms with E-state index in [1.54, 1.807) is 30.5 Å². The van der Waals surface area contributed by atoms with E-state index in [1.165, 1.54) is 0 Å². The van der Waals surface area contributed by atoms with Crippen LogP contribution in [0.4, 0.5) is 18.9 Å². The summed E-state index contributed by atoms with van der Waals surface area (Å²) in [6, 6.07) is 8.93. The molecule has 0 saturated carbocycles. The molecule has 102 valence electrons. The van der Waals surface area contributed by atoms with E-state index in [2.05, 4.69) is 10.3 Å². The highest BCUT2D eigenvalue weighted by atomic mass is 32.2. The first-order chi connectivity index (χ1) is 9.04. The normalized spacial score (nSPS) is 11.5. The summed E-state index contributed by atoms with van der Waals surface area (Å²) in [5.41, 5.74) is 1.77. The molecule has 0 radical (unpaired) electrons. The number of rotatable bonds is 5. The summed E-state index contributed by atoms with van der Waals surface area (Å²) in [7, 11) is 0. The van der Waals surface area contributed by atoms with Crippen LogP contribution in [-0.4, -0.2) is 16.9 Å². The van der Waals surface area contributed by atoms with Crippen LogP contribution in [0, 0.1) is 0 Å². The SMILES string of the molecule is FC(F)(F)CSc1ccccc1NCc1cc[nH]c1. The number of aromatic nitrogens is 1. The zero-order valence-electron chi connectivity index (χ0n) is 10.00. The third kappa shape index (κ3) is 4.55. The van der Waals surface area contributed by atoms with Crippen LogP contribution >= 0.6 is 11.8 Å². The second kappa shape index (κ2) is 6.06. The lowest BCUT2D eigenvalue weighted by Gasteiger charge is -2.12. The summed E-state index contributed by atoms with van der Waals surface area (Å²) in [6.45, 7) is 0.576. The molecule has 2 N–H and O–H groups in total. The molecule has 0 fully saturated rings. The molecule has 0 spiro atoms. The van der Waals surface area contributed by atoms with Gasteiger partial charge in [0.15, 0.2) is 0 Å². The summed E-state index contributed by atoms with van der Waals surface area (Å²) >= 11 is 0.796. The Morgan fingerprint density at radius 2 is 1.95 bits per heavy atom. The van der Waals surface area contributed by atoms with E-state index in [0.717, 1.165) is 23.0 Å². The van der Waals surface area contributed by atoms with E-state index in [-0.39, 0.29) is 0 Å². The van der Waals surface area contributed by atoms with Crippen molar-refractivity contribution in [3.05, 3.63) is 48.3 Å². The highest BCUT2D eigenvalue weighted by molar-refractivity contribution is 7.99. The molecule has 0 aliphatic carbocycles. The van der Waals surface area contributed by atoms with Gasteiger partial charge in [-0.3, -0.25) is 0 Å². The van der Waals surface area contributed by atoms with Gasteiger partial charge in [-0.2, -0.15) is 13.2 Å². The molecule has 0 unspecified atom stereocenters. The topological polar surface area (TPSA) is 27.8 Å². The predicted octanol–water partition coefficient (Wildman–Crippen LogP) is 4.28. The van der Waals surface area contributed by atoms with Gasteiger partial charge in [-0.25, -0.2) is 0 Å². The van der Waals surface area contributed by atoms with Crippen molar-refractivity contribution in [1.29, 1.82) is 0 Å². The van der Waals surface area contributed by atoms with Crippen LogP contribution in [0.5, 0.6) is 0 Å². The smallest absolute Gasteiger partial charge is 0.380 e. The lowest BCUT2D eigenvalue weighted by atomic mass is 10.3. The van der Waals surface area contributed by atoms with Gasteiger partial charge in [-0.1, -0.05) is 12.1 Å². The second-order valence-electron chi connectivity index (χ2n) is 3.97. The first kappa shape index (κ1) is 13.9. The lowest BCUT2D eigenvalue weighted by Crippen LogP contribution is -2.11. The number of aromatic amines is 1. The number of H-pyrrole nitrogens is 1. The number of nitrogens with one attached hydrogen (secondary N) is 2. The highest BCUT2D eigenvalue weighted by Gasteiger charge is 2.27. The second-order valence-corrected chi connectivity index (χ2v) is 4.99. The van der Waals surface area contributed by atoms with Gasteiger partial charge in [0.1, 0.15) is 0 Å². The van der Waals surface area contributed by atoms with Crippen molar-refractivity contribution >= 4 is 17.4 Å². The van der Waals surface area contributed by atoms with E-state index in [0.29, 0.717) is 11.4 Å². The summed E-state index contributed by atoms with van der Waals surface area (Å²) in [5, 5.41) is 3.14. The summed E-state index contributed by atoms with van der Waals surface area (Å²) in [6.07, 6.45) is -0.502. The fourth-order valence-corrected chi connectivity index (χ4v) is 2.35. The van der Waals surface area contributed by atoms with E-state index in [9.17, 15) is 13.2 Å². The lowest BCUT2D eigenvalue weighted by molar-refractivity contribution is -0.105. The largest absolute Gasteiger partial charge is 0.398 e. The Balaban J connectivity index is 1.99. The van der Waals surface area contributed by atoms with Gasteiger partial charge in [-0.15, -0.1) is 11.8 Å². The molecule has 2 aromatic rings. The van der Waals surface area contributed by atoms with Crippen LogP contribution < -0.4 is 5.32 Å². The molecule has 0 bridgehead atoms. The molecule has 19 heavy (non-hydrogen) atoms. The van der Waals surface area contributed by atoms with Crippen molar-refractivity contribution in [1.82, 2.24) is 4.98 Å². The van der Waals surface area contributed by atoms with E-state index in [1.807, 2.05) is 12.3 Å². The minimum Gasteiger partial charge on any atom is -0.380 e. The Bertz CT molecular complexity index is 509. The van der Waals surface area contributed by atoms with Gasteiger partial charge >= 0.3 is 6.18 Å². The summed E-state index contributed by atoms with van der Waals surface area (Å²) in [5.74, 6) is -0.879. The molecule has 1 aromatic heterocycles. The number of benzene rings is 1. The molecule has 1 aromatic carbocycles. The Morgan fingerprint density at radius 1 is 1.16 bits per heavy atom. The van der Waals surface area contributed by atoms with Crippen LogP contribution in [-0.2, 0) is 6.54 Å². The van der Waals surface area contributed by atoms with Gasteiger partial charge in [0.2, 0.25) is 0 Å². The minimum absolute atomic E-state index is 0.576. The number of hydrogen-bond acceptors (Lipinski definition) is 2. The van der Waals surface area contributed by atoms with E-state index < -0.39 is 11.9 Å². The van der Waals surface area contributed by atoms with Crippen molar-refractivity contribution in [2.75, 3.05) is 11.1 Å². The Labute approximate surface area is 113 Å². The van der Waals surface area contributed by atoms with Gasteiger partial charge in [-0.05, 0) is 23.8 Å². The maximum Gasteiger partial charge on any atom is 0.398 e. The molecular weight excluding hydrogens is 273 g/mol. The monoisotopic (exact) mass is 286 g/mol. The minimum atomic E-state index is -4.15. The van der Waals surface area contributed by atoms with Gasteiger partial charge in [0.25, 0.3) is 0 Å².